The molecular weight excluding hydrogens is 204 g/mol. The first-order valence-electron chi connectivity index (χ1n) is 5.75. The second-order valence-electron chi connectivity index (χ2n) is 4.23. The van der Waals surface area contributed by atoms with E-state index >= 15 is 0 Å². The summed E-state index contributed by atoms with van der Waals surface area (Å²) in [4.78, 5) is 11.9. The highest BCUT2D eigenvalue weighted by molar-refractivity contribution is 5.16. The second kappa shape index (κ2) is 5.16. The minimum Gasteiger partial charge on any atom is -0.491 e. The maximum Gasteiger partial charge on any atom is 0.292 e. The van der Waals surface area contributed by atoms with Gasteiger partial charge in [-0.25, -0.2) is 0 Å². The highest BCUT2D eigenvalue weighted by Gasteiger charge is 2.14. The minimum absolute atomic E-state index is 0.0245. The summed E-state index contributed by atoms with van der Waals surface area (Å²) in [5.41, 5.74) is -0.0245. The third-order valence-corrected chi connectivity index (χ3v) is 3.12. The van der Waals surface area contributed by atoms with E-state index in [1.54, 1.807) is 10.6 Å². The van der Waals surface area contributed by atoms with Gasteiger partial charge in [0.15, 0.2) is 5.75 Å². The van der Waals surface area contributed by atoms with Gasteiger partial charge in [0.2, 0.25) is 0 Å². The van der Waals surface area contributed by atoms with Crippen LogP contribution in [0.1, 0.15) is 12.8 Å². The maximum absolute atomic E-state index is 11.9. The van der Waals surface area contributed by atoms with Gasteiger partial charge in [-0.05, 0) is 44.0 Å². The first-order chi connectivity index (χ1) is 7.81. The Bertz CT molecular complexity index is 394. The van der Waals surface area contributed by atoms with Crippen LogP contribution in [0.2, 0.25) is 0 Å². The number of ether oxygens (including phenoxy) is 1. The molecule has 16 heavy (non-hydrogen) atoms. The van der Waals surface area contributed by atoms with Crippen LogP contribution in [0.3, 0.4) is 0 Å². The highest BCUT2D eigenvalue weighted by atomic mass is 16.5. The summed E-state index contributed by atoms with van der Waals surface area (Å²) in [6.45, 7) is 2.92. The van der Waals surface area contributed by atoms with Gasteiger partial charge in [-0.2, -0.15) is 0 Å². The summed E-state index contributed by atoms with van der Waals surface area (Å²) < 4.78 is 6.79. The number of hydrogen-bond donors (Lipinski definition) is 1. The van der Waals surface area contributed by atoms with Gasteiger partial charge in [0, 0.05) is 12.7 Å². The Labute approximate surface area is 95.2 Å². The molecule has 2 heterocycles. The van der Waals surface area contributed by atoms with Crippen molar-refractivity contribution < 1.29 is 4.74 Å². The standard InChI is InChI=1S/C12H18N2O2/c1-16-11-3-2-8-14(12(11)15)9-10-4-6-13-7-5-10/h2-3,8,10,13H,4-7,9H2,1H3. The Morgan fingerprint density at radius 2 is 2.25 bits per heavy atom. The topological polar surface area (TPSA) is 43.3 Å². The lowest BCUT2D eigenvalue weighted by atomic mass is 9.98. The van der Waals surface area contributed by atoms with Gasteiger partial charge in [0.05, 0.1) is 7.11 Å². The van der Waals surface area contributed by atoms with Crippen LogP contribution >= 0.6 is 0 Å². The van der Waals surface area contributed by atoms with Crippen molar-refractivity contribution in [2.75, 3.05) is 20.2 Å². The van der Waals surface area contributed by atoms with Gasteiger partial charge in [-0.15, -0.1) is 0 Å². The van der Waals surface area contributed by atoms with Crippen molar-refractivity contribution in [2.45, 2.75) is 19.4 Å². The molecule has 0 saturated carbocycles. The predicted octanol–water partition coefficient (Wildman–Crippen LogP) is 0.857. The molecule has 2 rings (SSSR count). The fourth-order valence-corrected chi connectivity index (χ4v) is 2.16. The monoisotopic (exact) mass is 222 g/mol. The molecular formula is C12H18N2O2. The molecule has 0 amide bonds. The van der Waals surface area contributed by atoms with E-state index in [9.17, 15) is 4.79 Å². The number of pyridine rings is 1. The molecule has 1 aromatic heterocycles. The van der Waals surface area contributed by atoms with Gasteiger partial charge in [0.25, 0.3) is 5.56 Å². The SMILES string of the molecule is COc1cccn(CC2CCNCC2)c1=O. The smallest absolute Gasteiger partial charge is 0.292 e. The van der Waals surface area contributed by atoms with Crippen LogP contribution in [-0.4, -0.2) is 24.8 Å². The van der Waals surface area contributed by atoms with E-state index in [0.29, 0.717) is 11.7 Å². The first-order valence-corrected chi connectivity index (χ1v) is 5.75. The van der Waals surface area contributed by atoms with Gasteiger partial charge < -0.3 is 14.6 Å². The minimum atomic E-state index is -0.0245. The van der Waals surface area contributed by atoms with E-state index in [1.165, 1.54) is 7.11 Å². The number of nitrogens with zero attached hydrogens (tertiary/aromatic N) is 1. The molecule has 0 bridgehead atoms. The van der Waals surface area contributed by atoms with E-state index in [-0.39, 0.29) is 5.56 Å². The lowest BCUT2D eigenvalue weighted by molar-refractivity contribution is 0.325. The Kier molecular flexibility index (Phi) is 3.62. The molecule has 88 valence electrons. The van der Waals surface area contributed by atoms with Crippen LogP contribution in [0.15, 0.2) is 23.1 Å². The second-order valence-corrected chi connectivity index (χ2v) is 4.23. The van der Waals surface area contributed by atoms with Crippen molar-refractivity contribution >= 4 is 0 Å². The van der Waals surface area contributed by atoms with E-state index < -0.39 is 0 Å². The van der Waals surface area contributed by atoms with Crippen LogP contribution in [0.25, 0.3) is 0 Å². The molecule has 4 nitrogen and oxygen atoms in total. The zero-order valence-electron chi connectivity index (χ0n) is 9.61. The van der Waals surface area contributed by atoms with Gasteiger partial charge in [-0.3, -0.25) is 4.79 Å². The largest absolute Gasteiger partial charge is 0.491 e. The lowest BCUT2D eigenvalue weighted by Gasteiger charge is -2.23. The van der Waals surface area contributed by atoms with Crippen molar-refractivity contribution in [3.8, 4) is 5.75 Å². The number of piperidine rings is 1. The third-order valence-electron chi connectivity index (χ3n) is 3.12. The van der Waals surface area contributed by atoms with Crippen molar-refractivity contribution in [3.05, 3.63) is 28.7 Å². The summed E-state index contributed by atoms with van der Waals surface area (Å²) in [5, 5.41) is 3.33. The normalized spacial score (nSPS) is 17.3. The average Bonchev–Trinajstić information content (AvgIpc) is 2.33. The first kappa shape index (κ1) is 11.2. The average molecular weight is 222 g/mol. The van der Waals surface area contributed by atoms with Crippen LogP contribution < -0.4 is 15.6 Å². The lowest BCUT2D eigenvalue weighted by Crippen LogP contribution is -2.32. The quantitative estimate of drug-likeness (QED) is 0.824. The molecule has 0 aliphatic carbocycles. The maximum atomic E-state index is 11.9. The summed E-state index contributed by atoms with van der Waals surface area (Å²) in [6, 6.07) is 3.57. The summed E-state index contributed by atoms with van der Waals surface area (Å²) in [6.07, 6.45) is 4.13. The van der Waals surface area contributed by atoms with E-state index in [4.69, 9.17) is 4.74 Å². The molecule has 0 aromatic carbocycles. The zero-order valence-corrected chi connectivity index (χ0v) is 9.61. The van der Waals surface area contributed by atoms with Crippen molar-refractivity contribution in [1.82, 2.24) is 9.88 Å². The number of hydrogen-bond acceptors (Lipinski definition) is 3. The summed E-state index contributed by atoms with van der Waals surface area (Å²) in [5.74, 6) is 1.03. The van der Waals surface area contributed by atoms with E-state index in [0.717, 1.165) is 32.5 Å². The predicted molar refractivity (Wildman–Crippen MR) is 62.8 cm³/mol. The molecule has 1 aliphatic heterocycles. The Morgan fingerprint density at radius 3 is 2.94 bits per heavy atom. The van der Waals surface area contributed by atoms with Crippen LogP contribution in [0, 0.1) is 5.92 Å². The zero-order chi connectivity index (χ0) is 11.4. The summed E-state index contributed by atoms with van der Waals surface area (Å²) >= 11 is 0. The number of aromatic nitrogens is 1. The fraction of sp³-hybridized carbons (Fsp3) is 0.583. The molecule has 0 atom stereocenters. The number of methoxy groups -OCH3 is 1. The molecule has 1 aliphatic rings. The Morgan fingerprint density at radius 1 is 1.50 bits per heavy atom. The fourth-order valence-electron chi connectivity index (χ4n) is 2.16. The third kappa shape index (κ3) is 2.44. The molecule has 4 heteroatoms. The molecule has 0 spiro atoms. The van der Waals surface area contributed by atoms with Gasteiger partial charge >= 0.3 is 0 Å². The van der Waals surface area contributed by atoms with E-state index in [2.05, 4.69) is 5.32 Å². The molecule has 0 radical (unpaired) electrons. The van der Waals surface area contributed by atoms with Crippen molar-refractivity contribution in [3.63, 3.8) is 0 Å². The molecule has 1 N–H and O–H groups in total. The van der Waals surface area contributed by atoms with Crippen molar-refractivity contribution in [1.29, 1.82) is 0 Å². The number of rotatable bonds is 3. The molecule has 1 aromatic rings. The summed E-state index contributed by atoms with van der Waals surface area (Å²) in [7, 11) is 1.53. The van der Waals surface area contributed by atoms with Gasteiger partial charge in [0.1, 0.15) is 0 Å². The van der Waals surface area contributed by atoms with Crippen LogP contribution in [0.4, 0.5) is 0 Å². The molecule has 1 fully saturated rings. The Hall–Kier alpha value is -1.29. The van der Waals surface area contributed by atoms with Crippen molar-refractivity contribution in [2.24, 2.45) is 5.92 Å². The van der Waals surface area contributed by atoms with Crippen LogP contribution in [0.5, 0.6) is 5.75 Å². The van der Waals surface area contributed by atoms with Crippen LogP contribution in [-0.2, 0) is 6.54 Å². The van der Waals surface area contributed by atoms with Gasteiger partial charge in [-0.1, -0.05) is 0 Å². The highest BCUT2D eigenvalue weighted by Crippen LogP contribution is 2.13. The Balaban J connectivity index is 2.11. The van der Waals surface area contributed by atoms with E-state index in [1.807, 2.05) is 12.3 Å². The molecule has 0 unspecified atom stereocenters. The molecule has 1 saturated heterocycles. The number of nitrogens with one attached hydrogen (secondary N) is 1.